The lowest BCUT2D eigenvalue weighted by atomic mass is 9.71. The predicted molar refractivity (Wildman–Crippen MR) is 99.1 cm³/mol. The molecule has 0 N–H and O–H groups in total. The summed E-state index contributed by atoms with van der Waals surface area (Å²) in [6.07, 6.45) is 9.26. The van der Waals surface area contributed by atoms with Crippen LogP contribution in [0.5, 0.6) is 0 Å². The van der Waals surface area contributed by atoms with Gasteiger partial charge in [-0.05, 0) is 90.2 Å². The number of hydrogen-bond donors (Lipinski definition) is 0. The van der Waals surface area contributed by atoms with Gasteiger partial charge in [0, 0.05) is 5.41 Å². The number of aryl methyl sites for hydroxylation is 2. The Morgan fingerprint density at radius 3 is 1.75 bits per heavy atom. The van der Waals surface area contributed by atoms with Crippen LogP contribution in [0.3, 0.4) is 0 Å². The van der Waals surface area contributed by atoms with Crippen molar-refractivity contribution in [3.05, 3.63) is 70.8 Å². The molecule has 6 rings (SSSR count). The summed E-state index contributed by atoms with van der Waals surface area (Å²) in [5.41, 5.74) is 9.68. The molecule has 0 heteroatoms. The van der Waals surface area contributed by atoms with Crippen LogP contribution in [0.15, 0.2) is 48.6 Å². The molecule has 2 aromatic carbocycles. The van der Waals surface area contributed by atoms with Gasteiger partial charge in [-0.15, -0.1) is 0 Å². The number of allylic oxidation sites excluding steroid dienone is 2. The Balaban J connectivity index is 1.63. The van der Waals surface area contributed by atoms with E-state index in [4.69, 9.17) is 0 Å². The highest BCUT2D eigenvalue weighted by molar-refractivity contribution is 5.83. The van der Waals surface area contributed by atoms with Gasteiger partial charge >= 0.3 is 0 Å². The number of fused-ring (bicyclic) bond motifs is 10. The molecule has 0 nitrogen and oxygen atoms in total. The van der Waals surface area contributed by atoms with Crippen LogP contribution in [-0.4, -0.2) is 0 Å². The minimum Gasteiger partial charge on any atom is -0.0848 e. The molecule has 0 aromatic heterocycles. The van der Waals surface area contributed by atoms with Crippen LogP contribution >= 0.6 is 0 Å². The topological polar surface area (TPSA) is 0 Å². The van der Waals surface area contributed by atoms with Crippen LogP contribution in [-0.2, 0) is 5.41 Å². The molecule has 2 fully saturated rings. The molecule has 4 aliphatic rings. The van der Waals surface area contributed by atoms with Gasteiger partial charge in [-0.25, -0.2) is 0 Å². The van der Waals surface area contributed by atoms with Gasteiger partial charge in [0.25, 0.3) is 0 Å². The van der Waals surface area contributed by atoms with Crippen molar-refractivity contribution in [2.45, 2.75) is 38.5 Å². The van der Waals surface area contributed by atoms with Crippen molar-refractivity contribution in [2.24, 2.45) is 23.7 Å². The first-order chi connectivity index (χ1) is 11.7. The summed E-state index contributed by atoms with van der Waals surface area (Å²) in [6.45, 7) is 4.67. The first-order valence-electron chi connectivity index (χ1n) is 9.58. The first-order valence-corrected chi connectivity index (χ1v) is 9.58. The molecular weight excluding hydrogens is 288 g/mol. The number of rotatable bonds is 0. The molecule has 4 atom stereocenters. The molecule has 0 amide bonds. The van der Waals surface area contributed by atoms with Crippen molar-refractivity contribution >= 4 is 0 Å². The molecule has 0 radical (unpaired) electrons. The Kier molecular flexibility index (Phi) is 2.37. The highest BCUT2D eigenvalue weighted by Gasteiger charge is 2.59. The summed E-state index contributed by atoms with van der Waals surface area (Å²) in [5.74, 6) is 3.55. The van der Waals surface area contributed by atoms with Gasteiger partial charge in [0.05, 0.1) is 0 Å². The Hall–Kier alpha value is -1.82. The van der Waals surface area contributed by atoms with Gasteiger partial charge in [-0.3, -0.25) is 0 Å². The molecule has 4 aliphatic carbocycles. The second kappa shape index (κ2) is 4.23. The third-order valence-corrected chi connectivity index (χ3v) is 7.76. The van der Waals surface area contributed by atoms with Crippen molar-refractivity contribution in [3.8, 4) is 11.1 Å². The van der Waals surface area contributed by atoms with E-state index in [-0.39, 0.29) is 0 Å². The molecule has 2 aromatic rings. The molecule has 2 saturated carbocycles. The van der Waals surface area contributed by atoms with E-state index in [1.165, 1.54) is 41.5 Å². The average Bonchev–Trinajstić information content (AvgIpc) is 3.30. The molecule has 2 bridgehead atoms. The molecular formula is C24H24. The highest BCUT2D eigenvalue weighted by atomic mass is 14.6. The van der Waals surface area contributed by atoms with Crippen LogP contribution in [0.2, 0.25) is 0 Å². The predicted octanol–water partition coefficient (Wildman–Crippen LogP) is 5.80. The largest absolute Gasteiger partial charge is 0.0848 e. The van der Waals surface area contributed by atoms with E-state index >= 15 is 0 Å². The van der Waals surface area contributed by atoms with Gasteiger partial charge in [0.15, 0.2) is 0 Å². The van der Waals surface area contributed by atoms with E-state index in [1.807, 2.05) is 0 Å². The Morgan fingerprint density at radius 1 is 0.750 bits per heavy atom. The van der Waals surface area contributed by atoms with Gasteiger partial charge in [0.2, 0.25) is 0 Å². The summed E-state index contributed by atoms with van der Waals surface area (Å²) in [7, 11) is 0. The third kappa shape index (κ3) is 1.39. The van der Waals surface area contributed by atoms with Crippen molar-refractivity contribution < 1.29 is 0 Å². The second-order valence-electron chi connectivity index (χ2n) is 8.76. The molecule has 1 spiro atoms. The third-order valence-electron chi connectivity index (χ3n) is 7.76. The van der Waals surface area contributed by atoms with Crippen molar-refractivity contribution in [2.75, 3.05) is 0 Å². The van der Waals surface area contributed by atoms with Gasteiger partial charge in [0.1, 0.15) is 0 Å². The second-order valence-corrected chi connectivity index (χ2v) is 8.76. The summed E-state index contributed by atoms with van der Waals surface area (Å²) in [6, 6.07) is 13.9. The Morgan fingerprint density at radius 2 is 1.25 bits per heavy atom. The van der Waals surface area contributed by atoms with Crippen molar-refractivity contribution in [1.82, 2.24) is 0 Å². The van der Waals surface area contributed by atoms with Gasteiger partial charge in [-0.2, -0.15) is 0 Å². The maximum Gasteiger partial charge on any atom is 0.0226 e. The maximum absolute atomic E-state index is 2.54. The molecule has 24 heavy (non-hydrogen) atoms. The normalized spacial score (nSPS) is 33.1. The van der Waals surface area contributed by atoms with E-state index < -0.39 is 0 Å². The molecule has 0 saturated heterocycles. The summed E-state index contributed by atoms with van der Waals surface area (Å²) in [5, 5.41) is 0. The van der Waals surface area contributed by atoms with Crippen LogP contribution in [0.1, 0.15) is 41.5 Å². The minimum atomic E-state index is 0.291. The highest BCUT2D eigenvalue weighted by Crippen LogP contribution is 2.67. The van der Waals surface area contributed by atoms with Gasteiger partial charge in [-0.1, -0.05) is 48.6 Å². The maximum atomic E-state index is 2.54. The lowest BCUT2D eigenvalue weighted by Gasteiger charge is -2.31. The monoisotopic (exact) mass is 312 g/mol. The zero-order valence-corrected chi connectivity index (χ0v) is 14.5. The fourth-order valence-corrected chi connectivity index (χ4v) is 7.11. The van der Waals surface area contributed by atoms with E-state index in [9.17, 15) is 0 Å². The molecule has 0 aliphatic heterocycles. The molecule has 120 valence electrons. The van der Waals surface area contributed by atoms with Gasteiger partial charge < -0.3 is 0 Å². The average molecular weight is 312 g/mol. The fraction of sp³-hybridized carbons (Fsp3) is 0.417. The molecule has 4 unspecified atom stereocenters. The number of hydrogen-bond acceptors (Lipinski definition) is 0. The fourth-order valence-electron chi connectivity index (χ4n) is 7.11. The lowest BCUT2D eigenvalue weighted by Crippen LogP contribution is -2.25. The lowest BCUT2D eigenvalue weighted by molar-refractivity contribution is 0.364. The summed E-state index contributed by atoms with van der Waals surface area (Å²) < 4.78 is 0. The van der Waals surface area contributed by atoms with Crippen LogP contribution in [0.25, 0.3) is 11.1 Å². The standard InChI is InChI=1S/C24H24/c1-14-5-3-7-18-19-8-4-6-15(2)23(19)24(22(14)18)12-20-16-9-10-17(11-16)21(20)13-24/h3-10,16-17,20-21H,11-13H2,1-2H3. The quantitative estimate of drug-likeness (QED) is 0.539. The van der Waals surface area contributed by atoms with E-state index in [2.05, 4.69) is 62.4 Å². The summed E-state index contributed by atoms with van der Waals surface area (Å²) >= 11 is 0. The van der Waals surface area contributed by atoms with Crippen LogP contribution in [0, 0.1) is 37.5 Å². The zero-order valence-electron chi connectivity index (χ0n) is 14.5. The van der Waals surface area contributed by atoms with E-state index in [1.54, 1.807) is 11.1 Å². The minimum absolute atomic E-state index is 0.291. The van der Waals surface area contributed by atoms with Crippen LogP contribution in [0.4, 0.5) is 0 Å². The summed E-state index contributed by atoms with van der Waals surface area (Å²) in [4.78, 5) is 0. The number of benzene rings is 2. The van der Waals surface area contributed by atoms with Crippen LogP contribution < -0.4 is 0 Å². The van der Waals surface area contributed by atoms with Crippen molar-refractivity contribution in [1.29, 1.82) is 0 Å². The smallest absolute Gasteiger partial charge is 0.0226 e. The van der Waals surface area contributed by atoms with Crippen molar-refractivity contribution in [3.63, 3.8) is 0 Å². The van der Waals surface area contributed by atoms with E-state index in [0.717, 1.165) is 23.7 Å². The Bertz CT molecular complexity index is 827. The SMILES string of the molecule is Cc1cccc2c1C1(CC3C4C=CC(C4)C3C1)c1c(C)cccc1-2. The Labute approximate surface area is 144 Å². The molecule has 0 heterocycles. The first kappa shape index (κ1) is 13.5. The van der Waals surface area contributed by atoms with E-state index in [0.29, 0.717) is 5.41 Å². The zero-order chi connectivity index (χ0) is 16.1.